The number of hydrogen-bond donors (Lipinski definition) is 0. The van der Waals surface area contributed by atoms with Crippen molar-refractivity contribution in [2.75, 3.05) is 0 Å². The molecule has 1 heterocycles. The highest BCUT2D eigenvalue weighted by molar-refractivity contribution is 7.17. The predicted molar refractivity (Wildman–Crippen MR) is 89.0 cm³/mol. The Bertz CT molecular complexity index is 756. The van der Waals surface area contributed by atoms with Crippen LogP contribution in [0.15, 0.2) is 66.7 Å². The van der Waals surface area contributed by atoms with Crippen LogP contribution in [0.25, 0.3) is 10.4 Å². The molecule has 0 amide bonds. The Labute approximate surface area is 128 Å². The first kappa shape index (κ1) is 13.8. The van der Waals surface area contributed by atoms with Crippen LogP contribution in [0, 0.1) is 6.92 Å². The van der Waals surface area contributed by atoms with Gasteiger partial charge >= 0.3 is 0 Å². The van der Waals surface area contributed by atoms with Crippen molar-refractivity contribution in [2.24, 2.45) is 0 Å². The predicted octanol–water partition coefficient (Wildman–Crippen LogP) is 5.15. The summed E-state index contributed by atoms with van der Waals surface area (Å²) >= 11 is 1.57. The summed E-state index contributed by atoms with van der Waals surface area (Å²) in [5.41, 5.74) is 3.48. The molecule has 0 N–H and O–H groups in total. The number of carbonyl (C=O) groups is 1. The Kier molecular flexibility index (Phi) is 3.98. The summed E-state index contributed by atoms with van der Waals surface area (Å²) in [6, 6.07) is 22.2. The maximum absolute atomic E-state index is 12.3. The molecule has 104 valence electrons. The molecule has 1 nitrogen and oxygen atoms in total. The smallest absolute Gasteiger partial charge is 0.177 e. The van der Waals surface area contributed by atoms with Gasteiger partial charge in [-0.15, -0.1) is 11.3 Å². The van der Waals surface area contributed by atoms with Crippen LogP contribution < -0.4 is 0 Å². The summed E-state index contributed by atoms with van der Waals surface area (Å²) in [6.45, 7) is 2.08. The third-order valence-corrected chi connectivity index (χ3v) is 4.57. The number of benzene rings is 2. The summed E-state index contributed by atoms with van der Waals surface area (Å²) < 4.78 is 0. The van der Waals surface area contributed by atoms with Gasteiger partial charge in [-0.25, -0.2) is 0 Å². The van der Waals surface area contributed by atoms with E-state index >= 15 is 0 Å². The van der Waals surface area contributed by atoms with E-state index in [1.54, 1.807) is 11.3 Å². The molecule has 0 saturated heterocycles. The number of ketones is 1. The molecule has 21 heavy (non-hydrogen) atoms. The number of rotatable bonds is 4. The molecule has 0 fully saturated rings. The molecule has 3 aromatic rings. The molecule has 2 aromatic carbocycles. The number of carbonyl (C=O) groups excluding carboxylic acids is 1. The lowest BCUT2D eigenvalue weighted by Crippen LogP contribution is -2.00. The molecule has 1 aromatic heterocycles. The summed E-state index contributed by atoms with van der Waals surface area (Å²) in [5.74, 6) is 0.185. The fraction of sp³-hybridized carbons (Fsp3) is 0.105. The van der Waals surface area contributed by atoms with Gasteiger partial charge < -0.3 is 0 Å². The number of Topliss-reactive ketones (excluding diaryl/α,β-unsaturated/α-hetero) is 1. The Morgan fingerprint density at radius 2 is 1.76 bits per heavy atom. The molecule has 0 spiro atoms. The summed E-state index contributed by atoms with van der Waals surface area (Å²) in [6.07, 6.45) is 0.467. The minimum absolute atomic E-state index is 0.185. The van der Waals surface area contributed by atoms with E-state index in [0.29, 0.717) is 6.42 Å². The maximum atomic E-state index is 12.3. The van der Waals surface area contributed by atoms with Crippen LogP contribution in [-0.2, 0) is 6.42 Å². The zero-order valence-electron chi connectivity index (χ0n) is 11.9. The van der Waals surface area contributed by atoms with Crippen molar-refractivity contribution in [3.63, 3.8) is 0 Å². The highest BCUT2D eigenvalue weighted by Gasteiger charge is 2.11. The summed E-state index contributed by atoms with van der Waals surface area (Å²) in [7, 11) is 0. The van der Waals surface area contributed by atoms with E-state index < -0.39 is 0 Å². The third kappa shape index (κ3) is 3.29. The SMILES string of the molecule is Cc1cccc(-c2ccc(C(=O)Cc3ccccc3)s2)c1. The van der Waals surface area contributed by atoms with Crippen LogP contribution >= 0.6 is 11.3 Å². The topological polar surface area (TPSA) is 17.1 Å². The second-order valence-corrected chi connectivity index (χ2v) is 6.20. The lowest BCUT2D eigenvalue weighted by atomic mass is 10.1. The van der Waals surface area contributed by atoms with Crippen LogP contribution in [0.4, 0.5) is 0 Å². The van der Waals surface area contributed by atoms with Crippen molar-refractivity contribution in [3.05, 3.63) is 82.7 Å². The minimum atomic E-state index is 0.185. The maximum Gasteiger partial charge on any atom is 0.177 e. The van der Waals surface area contributed by atoms with Crippen LogP contribution in [0.2, 0.25) is 0 Å². The normalized spacial score (nSPS) is 10.5. The second kappa shape index (κ2) is 6.06. The fourth-order valence-corrected chi connectivity index (χ4v) is 3.25. The van der Waals surface area contributed by atoms with Gasteiger partial charge in [0.25, 0.3) is 0 Å². The molecule has 0 bridgehead atoms. The first-order valence-corrected chi connectivity index (χ1v) is 7.78. The summed E-state index contributed by atoms with van der Waals surface area (Å²) in [5, 5.41) is 0. The van der Waals surface area contributed by atoms with Crippen LogP contribution in [-0.4, -0.2) is 5.78 Å². The molecular weight excluding hydrogens is 276 g/mol. The Morgan fingerprint density at radius 1 is 0.952 bits per heavy atom. The van der Waals surface area contributed by atoms with Gasteiger partial charge in [0.1, 0.15) is 0 Å². The third-order valence-electron chi connectivity index (χ3n) is 3.39. The quantitative estimate of drug-likeness (QED) is 0.608. The van der Waals surface area contributed by atoms with Crippen molar-refractivity contribution in [3.8, 4) is 10.4 Å². The Balaban J connectivity index is 1.80. The van der Waals surface area contributed by atoms with Gasteiger partial charge in [-0.05, 0) is 30.2 Å². The number of thiophene rings is 1. The van der Waals surface area contributed by atoms with Crippen molar-refractivity contribution >= 4 is 17.1 Å². The van der Waals surface area contributed by atoms with Crippen molar-refractivity contribution in [1.82, 2.24) is 0 Å². The van der Waals surface area contributed by atoms with E-state index in [0.717, 1.165) is 15.3 Å². The molecule has 0 aliphatic heterocycles. The van der Waals surface area contributed by atoms with Gasteiger partial charge in [0.05, 0.1) is 4.88 Å². The first-order chi connectivity index (χ1) is 10.2. The molecule has 0 aliphatic rings. The Morgan fingerprint density at radius 3 is 2.52 bits per heavy atom. The van der Waals surface area contributed by atoms with E-state index in [-0.39, 0.29) is 5.78 Å². The molecule has 0 radical (unpaired) electrons. The van der Waals surface area contributed by atoms with Crippen molar-refractivity contribution in [1.29, 1.82) is 0 Å². The van der Waals surface area contributed by atoms with Crippen LogP contribution in [0.5, 0.6) is 0 Å². The lowest BCUT2D eigenvalue weighted by Gasteiger charge is -1.99. The zero-order chi connectivity index (χ0) is 14.7. The highest BCUT2D eigenvalue weighted by atomic mass is 32.1. The van der Waals surface area contributed by atoms with Gasteiger partial charge in [0.2, 0.25) is 0 Å². The molecule has 0 aliphatic carbocycles. The Hall–Kier alpha value is -2.19. The van der Waals surface area contributed by atoms with Crippen LogP contribution in [0.1, 0.15) is 20.8 Å². The van der Waals surface area contributed by atoms with E-state index in [1.165, 1.54) is 11.1 Å². The van der Waals surface area contributed by atoms with E-state index in [4.69, 9.17) is 0 Å². The van der Waals surface area contributed by atoms with Gasteiger partial charge in [-0.2, -0.15) is 0 Å². The number of aryl methyl sites for hydroxylation is 1. The van der Waals surface area contributed by atoms with E-state index in [1.807, 2.05) is 42.5 Å². The van der Waals surface area contributed by atoms with Crippen LogP contribution in [0.3, 0.4) is 0 Å². The van der Waals surface area contributed by atoms with E-state index in [9.17, 15) is 4.79 Å². The first-order valence-electron chi connectivity index (χ1n) is 6.96. The lowest BCUT2D eigenvalue weighted by molar-refractivity contribution is 0.0997. The second-order valence-electron chi connectivity index (χ2n) is 5.12. The highest BCUT2D eigenvalue weighted by Crippen LogP contribution is 2.29. The van der Waals surface area contributed by atoms with Gasteiger partial charge in [0, 0.05) is 11.3 Å². The monoisotopic (exact) mass is 292 g/mol. The zero-order valence-corrected chi connectivity index (χ0v) is 12.7. The fourth-order valence-electron chi connectivity index (χ4n) is 2.31. The van der Waals surface area contributed by atoms with Crippen molar-refractivity contribution < 1.29 is 4.79 Å². The molecule has 2 heteroatoms. The van der Waals surface area contributed by atoms with Gasteiger partial charge in [-0.1, -0.05) is 60.2 Å². The van der Waals surface area contributed by atoms with Crippen molar-refractivity contribution in [2.45, 2.75) is 13.3 Å². The summed E-state index contributed by atoms with van der Waals surface area (Å²) in [4.78, 5) is 14.3. The average molecular weight is 292 g/mol. The average Bonchev–Trinajstić information content (AvgIpc) is 2.98. The molecular formula is C19H16OS. The standard InChI is InChI=1S/C19H16OS/c1-14-6-5-9-16(12-14)18-10-11-19(21-18)17(20)13-15-7-3-2-4-8-15/h2-12H,13H2,1H3. The molecule has 3 rings (SSSR count). The largest absolute Gasteiger partial charge is 0.293 e. The molecule has 0 atom stereocenters. The molecule has 0 saturated carbocycles. The molecule has 0 unspecified atom stereocenters. The minimum Gasteiger partial charge on any atom is -0.293 e. The number of hydrogen-bond acceptors (Lipinski definition) is 2. The van der Waals surface area contributed by atoms with E-state index in [2.05, 4.69) is 31.2 Å². The van der Waals surface area contributed by atoms with Gasteiger partial charge in [-0.3, -0.25) is 4.79 Å². The van der Waals surface area contributed by atoms with Gasteiger partial charge in [0.15, 0.2) is 5.78 Å².